The standard InChI is InChI=1S/C17H29N9/c1-12-21-16-7-6-14(11-26(16)23-12)22-17(18-2)19-9-15(24(3)4)13-8-20-25(5)10-13/h8,10,14-15H,6-7,9,11H2,1-5H3,(H2,18,19,22). The molecule has 2 unspecified atom stereocenters. The van der Waals surface area contributed by atoms with Gasteiger partial charge < -0.3 is 15.5 Å². The normalized spacial score (nSPS) is 18.7. The second-order valence-corrected chi connectivity index (χ2v) is 7.02. The van der Waals surface area contributed by atoms with E-state index < -0.39 is 0 Å². The SMILES string of the molecule is CN=C(NCC(c1cnn(C)c1)N(C)C)NC1CCc2nc(C)nn2C1. The highest BCUT2D eigenvalue weighted by molar-refractivity contribution is 5.80. The van der Waals surface area contributed by atoms with Crippen molar-refractivity contribution < 1.29 is 0 Å². The molecule has 0 saturated carbocycles. The van der Waals surface area contributed by atoms with Crippen molar-refractivity contribution in [2.24, 2.45) is 12.0 Å². The van der Waals surface area contributed by atoms with Gasteiger partial charge in [-0.1, -0.05) is 0 Å². The van der Waals surface area contributed by atoms with Crippen LogP contribution in [-0.4, -0.2) is 69.1 Å². The molecule has 3 rings (SSSR count). The molecule has 1 aliphatic rings. The van der Waals surface area contributed by atoms with Gasteiger partial charge in [-0.2, -0.15) is 10.2 Å². The molecule has 0 bridgehead atoms. The average molecular weight is 359 g/mol. The fraction of sp³-hybridized carbons (Fsp3) is 0.647. The highest BCUT2D eigenvalue weighted by Gasteiger charge is 2.22. The van der Waals surface area contributed by atoms with Crippen molar-refractivity contribution in [1.29, 1.82) is 0 Å². The van der Waals surface area contributed by atoms with Crippen molar-refractivity contribution in [2.75, 3.05) is 27.7 Å². The fourth-order valence-electron chi connectivity index (χ4n) is 3.34. The van der Waals surface area contributed by atoms with E-state index in [0.717, 1.165) is 43.5 Å². The number of aryl methyl sites for hydroxylation is 3. The highest BCUT2D eigenvalue weighted by atomic mass is 15.4. The Hall–Kier alpha value is -2.42. The number of aromatic nitrogens is 5. The van der Waals surface area contributed by atoms with Crippen molar-refractivity contribution in [2.45, 2.75) is 38.4 Å². The van der Waals surface area contributed by atoms with Gasteiger partial charge in [-0.05, 0) is 27.4 Å². The monoisotopic (exact) mass is 359 g/mol. The molecule has 3 heterocycles. The predicted molar refractivity (Wildman–Crippen MR) is 101 cm³/mol. The molecule has 1 aliphatic heterocycles. The predicted octanol–water partition coefficient (Wildman–Crippen LogP) is 0.103. The summed E-state index contributed by atoms with van der Waals surface area (Å²) in [4.78, 5) is 11.0. The molecule has 0 radical (unpaired) electrons. The van der Waals surface area contributed by atoms with Crippen molar-refractivity contribution in [1.82, 2.24) is 40.1 Å². The van der Waals surface area contributed by atoms with Crippen LogP contribution in [0.15, 0.2) is 17.4 Å². The highest BCUT2D eigenvalue weighted by Crippen LogP contribution is 2.16. The summed E-state index contributed by atoms with van der Waals surface area (Å²) in [6, 6.07) is 0.518. The number of likely N-dealkylation sites (N-methyl/N-ethyl adjacent to an activating group) is 1. The summed E-state index contributed by atoms with van der Waals surface area (Å²) in [6.07, 6.45) is 5.93. The molecule has 2 N–H and O–H groups in total. The first kappa shape index (κ1) is 18.4. The summed E-state index contributed by atoms with van der Waals surface area (Å²) in [6.45, 7) is 3.50. The van der Waals surface area contributed by atoms with Gasteiger partial charge in [0.25, 0.3) is 0 Å². The summed E-state index contributed by atoms with van der Waals surface area (Å²) in [5.41, 5.74) is 1.18. The smallest absolute Gasteiger partial charge is 0.191 e. The fourth-order valence-corrected chi connectivity index (χ4v) is 3.34. The molecule has 0 fully saturated rings. The van der Waals surface area contributed by atoms with E-state index in [2.05, 4.69) is 56.0 Å². The van der Waals surface area contributed by atoms with Crippen molar-refractivity contribution >= 4 is 5.96 Å². The van der Waals surface area contributed by atoms with Gasteiger partial charge in [-0.25, -0.2) is 9.67 Å². The Bertz CT molecular complexity index is 758. The zero-order valence-electron chi connectivity index (χ0n) is 16.3. The molecular formula is C17H29N9. The van der Waals surface area contributed by atoms with Crippen molar-refractivity contribution in [3.8, 4) is 0 Å². The quantitative estimate of drug-likeness (QED) is 0.582. The Balaban J connectivity index is 1.58. The zero-order valence-corrected chi connectivity index (χ0v) is 16.3. The van der Waals surface area contributed by atoms with Crippen molar-refractivity contribution in [3.63, 3.8) is 0 Å². The summed E-state index contributed by atoms with van der Waals surface area (Å²) >= 11 is 0. The molecule has 0 aliphatic carbocycles. The van der Waals surface area contributed by atoms with Gasteiger partial charge in [0.15, 0.2) is 5.96 Å². The maximum Gasteiger partial charge on any atom is 0.191 e. The van der Waals surface area contributed by atoms with Crippen LogP contribution < -0.4 is 10.6 Å². The Morgan fingerprint density at radius 2 is 2.27 bits per heavy atom. The van der Waals surface area contributed by atoms with Crippen LogP contribution in [0.25, 0.3) is 0 Å². The molecule has 26 heavy (non-hydrogen) atoms. The number of fused-ring (bicyclic) bond motifs is 1. The Kier molecular flexibility index (Phi) is 5.55. The van der Waals surface area contributed by atoms with Crippen LogP contribution >= 0.6 is 0 Å². The second-order valence-electron chi connectivity index (χ2n) is 7.02. The first-order valence-corrected chi connectivity index (χ1v) is 8.98. The van der Waals surface area contributed by atoms with E-state index in [4.69, 9.17) is 0 Å². The first-order valence-electron chi connectivity index (χ1n) is 8.98. The van der Waals surface area contributed by atoms with Gasteiger partial charge >= 0.3 is 0 Å². The van der Waals surface area contributed by atoms with E-state index in [1.807, 2.05) is 29.5 Å². The topological polar surface area (TPSA) is 88.2 Å². The van der Waals surface area contributed by atoms with Crippen LogP contribution in [0.1, 0.15) is 29.7 Å². The van der Waals surface area contributed by atoms with E-state index in [9.17, 15) is 0 Å². The van der Waals surface area contributed by atoms with E-state index >= 15 is 0 Å². The minimum absolute atomic E-state index is 0.221. The number of aliphatic imine (C=N–C) groups is 1. The van der Waals surface area contributed by atoms with E-state index in [0.29, 0.717) is 6.04 Å². The number of guanidine groups is 1. The van der Waals surface area contributed by atoms with Crippen LogP contribution in [0, 0.1) is 6.92 Å². The molecule has 2 aromatic heterocycles. The Morgan fingerprint density at radius 1 is 1.46 bits per heavy atom. The summed E-state index contributed by atoms with van der Waals surface area (Å²) in [5, 5.41) is 15.7. The first-order chi connectivity index (χ1) is 12.5. The van der Waals surface area contributed by atoms with Gasteiger partial charge in [0.2, 0.25) is 0 Å². The van der Waals surface area contributed by atoms with Gasteiger partial charge in [0, 0.05) is 44.9 Å². The number of rotatable bonds is 5. The van der Waals surface area contributed by atoms with Crippen LogP contribution in [0.5, 0.6) is 0 Å². The van der Waals surface area contributed by atoms with E-state index in [1.165, 1.54) is 5.56 Å². The molecule has 9 nitrogen and oxygen atoms in total. The lowest BCUT2D eigenvalue weighted by atomic mass is 10.1. The van der Waals surface area contributed by atoms with Crippen molar-refractivity contribution in [3.05, 3.63) is 29.6 Å². The third kappa shape index (κ3) is 4.21. The van der Waals surface area contributed by atoms with E-state index in [1.54, 1.807) is 7.05 Å². The van der Waals surface area contributed by atoms with Crippen LogP contribution in [0.3, 0.4) is 0 Å². The number of hydrogen-bond donors (Lipinski definition) is 2. The summed E-state index contributed by atoms with van der Waals surface area (Å²) in [7, 11) is 7.89. The molecule has 0 saturated heterocycles. The van der Waals surface area contributed by atoms with Crippen LogP contribution in [-0.2, 0) is 20.0 Å². The molecule has 0 amide bonds. The minimum atomic E-state index is 0.221. The summed E-state index contributed by atoms with van der Waals surface area (Å²) < 4.78 is 3.83. The largest absolute Gasteiger partial charge is 0.354 e. The van der Waals surface area contributed by atoms with Gasteiger partial charge in [-0.15, -0.1) is 0 Å². The minimum Gasteiger partial charge on any atom is -0.354 e. The maximum absolute atomic E-state index is 4.46. The maximum atomic E-state index is 4.46. The van der Waals surface area contributed by atoms with E-state index in [-0.39, 0.29) is 6.04 Å². The Morgan fingerprint density at radius 3 is 2.92 bits per heavy atom. The Labute approximate surface area is 154 Å². The molecule has 0 aromatic carbocycles. The lowest BCUT2D eigenvalue weighted by molar-refractivity contribution is 0.297. The lowest BCUT2D eigenvalue weighted by Gasteiger charge is -2.28. The van der Waals surface area contributed by atoms with Gasteiger partial charge in [-0.3, -0.25) is 9.67 Å². The number of nitrogens with one attached hydrogen (secondary N) is 2. The third-order valence-electron chi connectivity index (χ3n) is 4.72. The molecule has 9 heteroatoms. The average Bonchev–Trinajstić information content (AvgIpc) is 3.18. The third-order valence-corrected chi connectivity index (χ3v) is 4.72. The second kappa shape index (κ2) is 7.86. The van der Waals surface area contributed by atoms with Crippen LogP contribution in [0.4, 0.5) is 0 Å². The number of nitrogens with zero attached hydrogens (tertiary/aromatic N) is 7. The summed E-state index contributed by atoms with van der Waals surface area (Å²) in [5.74, 6) is 2.73. The zero-order chi connectivity index (χ0) is 18.7. The molecule has 2 atom stereocenters. The molecule has 142 valence electrons. The van der Waals surface area contributed by atoms with Gasteiger partial charge in [0.1, 0.15) is 11.6 Å². The molecule has 2 aromatic rings. The molecular weight excluding hydrogens is 330 g/mol. The van der Waals surface area contributed by atoms with Crippen LogP contribution in [0.2, 0.25) is 0 Å². The number of hydrogen-bond acceptors (Lipinski definition) is 5. The molecule has 0 spiro atoms. The lowest BCUT2D eigenvalue weighted by Crippen LogP contribution is -2.48. The van der Waals surface area contributed by atoms with Gasteiger partial charge in [0.05, 0.1) is 18.8 Å².